The molecule has 2 aromatic carbocycles. The molecule has 0 saturated carbocycles. The summed E-state index contributed by atoms with van der Waals surface area (Å²) in [5.41, 5.74) is 0.738. The molecule has 0 atom stereocenters. The van der Waals surface area contributed by atoms with Crippen molar-refractivity contribution in [2.45, 2.75) is 0 Å². The molecule has 0 unspecified atom stereocenters. The van der Waals surface area contributed by atoms with Crippen LogP contribution in [0.3, 0.4) is 0 Å². The van der Waals surface area contributed by atoms with Crippen LogP contribution >= 0.6 is 12.2 Å². The molecule has 20 heavy (non-hydrogen) atoms. The van der Waals surface area contributed by atoms with Crippen molar-refractivity contribution in [3.05, 3.63) is 48.5 Å². The summed E-state index contributed by atoms with van der Waals surface area (Å²) in [7, 11) is 3.19. The molecule has 0 aromatic heterocycles. The summed E-state index contributed by atoms with van der Waals surface area (Å²) in [6.45, 7) is 0. The zero-order valence-electron chi connectivity index (χ0n) is 11.3. The Labute approximate surface area is 123 Å². The van der Waals surface area contributed by atoms with E-state index in [2.05, 4.69) is 5.32 Å². The summed E-state index contributed by atoms with van der Waals surface area (Å²) in [5, 5.41) is 3.25. The van der Waals surface area contributed by atoms with Crippen LogP contribution in [0.1, 0.15) is 0 Å². The normalized spacial score (nSPS) is 9.70. The van der Waals surface area contributed by atoms with Gasteiger partial charge in [0.25, 0.3) is 5.17 Å². The molecule has 0 aliphatic carbocycles. The molecule has 0 spiro atoms. The van der Waals surface area contributed by atoms with E-state index in [1.807, 2.05) is 42.5 Å². The Bertz CT molecular complexity index is 565. The van der Waals surface area contributed by atoms with Gasteiger partial charge in [0.15, 0.2) is 0 Å². The molecule has 0 bridgehead atoms. The molecule has 0 saturated heterocycles. The molecule has 5 heteroatoms. The Morgan fingerprint density at radius 2 is 1.50 bits per heavy atom. The second-order valence-corrected chi connectivity index (χ2v) is 4.30. The molecule has 104 valence electrons. The standard InChI is InChI=1S/C15H15NO3S/c1-17-13-8-11(9-14(10-13)18-2)16-15(20)19-12-6-4-3-5-7-12/h3-10H,1-2H3,(H,16,20). The number of methoxy groups -OCH3 is 2. The van der Waals surface area contributed by atoms with Crippen LogP contribution in [-0.4, -0.2) is 19.4 Å². The second kappa shape index (κ2) is 6.77. The number of hydrogen-bond acceptors (Lipinski definition) is 4. The van der Waals surface area contributed by atoms with Gasteiger partial charge in [0.1, 0.15) is 17.2 Å². The average Bonchev–Trinajstić information content (AvgIpc) is 2.47. The number of rotatable bonds is 4. The summed E-state index contributed by atoms with van der Waals surface area (Å²) >= 11 is 5.16. The maximum Gasteiger partial charge on any atom is 0.266 e. The fourth-order valence-corrected chi connectivity index (χ4v) is 1.83. The molecular formula is C15H15NO3S. The lowest BCUT2D eigenvalue weighted by Gasteiger charge is -2.12. The van der Waals surface area contributed by atoms with Gasteiger partial charge in [-0.05, 0) is 24.4 Å². The summed E-state index contributed by atoms with van der Waals surface area (Å²) in [4.78, 5) is 0. The third-order valence-electron chi connectivity index (χ3n) is 2.55. The highest BCUT2D eigenvalue weighted by Crippen LogP contribution is 2.26. The Balaban J connectivity index is 2.07. The SMILES string of the molecule is COc1cc(NC(=S)Oc2ccccc2)cc(OC)c1. The third kappa shape index (κ3) is 3.86. The van der Waals surface area contributed by atoms with Crippen LogP contribution in [0, 0.1) is 0 Å². The van der Waals surface area contributed by atoms with Crippen LogP contribution in [-0.2, 0) is 0 Å². The molecule has 0 amide bonds. The van der Waals surface area contributed by atoms with Crippen LogP contribution in [0.25, 0.3) is 0 Å². The zero-order chi connectivity index (χ0) is 14.4. The lowest BCUT2D eigenvalue weighted by atomic mass is 10.3. The molecule has 1 N–H and O–H groups in total. The Morgan fingerprint density at radius 3 is 2.05 bits per heavy atom. The van der Waals surface area contributed by atoms with Crippen molar-refractivity contribution in [1.29, 1.82) is 0 Å². The fourth-order valence-electron chi connectivity index (χ4n) is 1.62. The van der Waals surface area contributed by atoms with Gasteiger partial charge in [-0.15, -0.1) is 0 Å². The van der Waals surface area contributed by atoms with Gasteiger partial charge in [-0.2, -0.15) is 0 Å². The Morgan fingerprint density at radius 1 is 0.900 bits per heavy atom. The highest BCUT2D eigenvalue weighted by atomic mass is 32.1. The Kier molecular flexibility index (Phi) is 4.79. The number of anilines is 1. The van der Waals surface area contributed by atoms with Crippen molar-refractivity contribution >= 4 is 23.1 Å². The lowest BCUT2D eigenvalue weighted by Crippen LogP contribution is -2.16. The summed E-state index contributed by atoms with van der Waals surface area (Å²) in [5.74, 6) is 2.03. The van der Waals surface area contributed by atoms with Crippen molar-refractivity contribution in [3.63, 3.8) is 0 Å². The second-order valence-electron chi connectivity index (χ2n) is 3.93. The van der Waals surface area contributed by atoms with E-state index in [9.17, 15) is 0 Å². The number of benzene rings is 2. The molecule has 0 heterocycles. The first kappa shape index (κ1) is 14.1. The smallest absolute Gasteiger partial charge is 0.266 e. The van der Waals surface area contributed by atoms with E-state index < -0.39 is 0 Å². The molecule has 0 radical (unpaired) electrons. The quantitative estimate of drug-likeness (QED) is 0.873. The van der Waals surface area contributed by atoms with Crippen molar-refractivity contribution in [2.24, 2.45) is 0 Å². The van der Waals surface area contributed by atoms with Crippen LogP contribution in [0.2, 0.25) is 0 Å². The van der Waals surface area contributed by atoms with E-state index in [-0.39, 0.29) is 5.17 Å². The average molecular weight is 289 g/mol. The molecule has 2 aromatic rings. The minimum absolute atomic E-state index is 0.256. The first-order valence-electron chi connectivity index (χ1n) is 5.98. The Hall–Kier alpha value is -2.27. The van der Waals surface area contributed by atoms with Crippen LogP contribution < -0.4 is 19.5 Å². The zero-order valence-corrected chi connectivity index (χ0v) is 12.1. The van der Waals surface area contributed by atoms with E-state index in [1.54, 1.807) is 20.3 Å². The van der Waals surface area contributed by atoms with Gasteiger partial charge in [-0.25, -0.2) is 0 Å². The van der Waals surface area contributed by atoms with Gasteiger partial charge in [-0.1, -0.05) is 18.2 Å². The monoisotopic (exact) mass is 289 g/mol. The highest BCUT2D eigenvalue weighted by molar-refractivity contribution is 7.80. The van der Waals surface area contributed by atoms with E-state index >= 15 is 0 Å². The summed E-state index contributed by atoms with van der Waals surface area (Å²) in [6, 6.07) is 14.7. The number of ether oxygens (including phenoxy) is 3. The highest BCUT2D eigenvalue weighted by Gasteiger charge is 2.05. The van der Waals surface area contributed by atoms with Crippen molar-refractivity contribution < 1.29 is 14.2 Å². The molecule has 0 aliphatic heterocycles. The number of thiocarbonyl (C=S) groups is 1. The molecule has 0 aliphatic rings. The van der Waals surface area contributed by atoms with E-state index in [1.165, 1.54) is 0 Å². The van der Waals surface area contributed by atoms with Gasteiger partial charge >= 0.3 is 0 Å². The van der Waals surface area contributed by atoms with Crippen LogP contribution in [0.5, 0.6) is 17.2 Å². The van der Waals surface area contributed by atoms with Crippen LogP contribution in [0.15, 0.2) is 48.5 Å². The largest absolute Gasteiger partial charge is 0.497 e. The maximum atomic E-state index is 5.50. The summed E-state index contributed by atoms with van der Waals surface area (Å²) in [6.07, 6.45) is 0. The summed E-state index contributed by atoms with van der Waals surface area (Å²) < 4.78 is 15.9. The maximum absolute atomic E-state index is 5.50. The molecule has 2 rings (SSSR count). The topological polar surface area (TPSA) is 39.7 Å². The van der Waals surface area contributed by atoms with Gasteiger partial charge in [0.2, 0.25) is 0 Å². The first-order chi connectivity index (χ1) is 9.71. The number of hydrogen-bond donors (Lipinski definition) is 1. The first-order valence-corrected chi connectivity index (χ1v) is 6.39. The lowest BCUT2D eigenvalue weighted by molar-refractivity contribution is 0.395. The molecule has 0 fully saturated rings. The van der Waals surface area contributed by atoms with E-state index in [0.29, 0.717) is 17.2 Å². The van der Waals surface area contributed by atoms with E-state index in [4.69, 9.17) is 26.4 Å². The number of para-hydroxylation sites is 1. The molecular weight excluding hydrogens is 274 g/mol. The van der Waals surface area contributed by atoms with Crippen molar-refractivity contribution in [2.75, 3.05) is 19.5 Å². The van der Waals surface area contributed by atoms with Gasteiger partial charge in [0.05, 0.1) is 14.2 Å². The van der Waals surface area contributed by atoms with Crippen LogP contribution in [0.4, 0.5) is 5.69 Å². The van der Waals surface area contributed by atoms with Crippen molar-refractivity contribution in [3.8, 4) is 17.2 Å². The fraction of sp³-hybridized carbons (Fsp3) is 0.133. The minimum Gasteiger partial charge on any atom is -0.497 e. The number of nitrogens with one attached hydrogen (secondary N) is 1. The third-order valence-corrected chi connectivity index (χ3v) is 2.74. The van der Waals surface area contributed by atoms with E-state index in [0.717, 1.165) is 5.69 Å². The minimum atomic E-state index is 0.256. The predicted molar refractivity (Wildman–Crippen MR) is 82.8 cm³/mol. The van der Waals surface area contributed by atoms with Gasteiger partial charge < -0.3 is 19.5 Å². The van der Waals surface area contributed by atoms with Gasteiger partial charge in [0, 0.05) is 23.9 Å². The van der Waals surface area contributed by atoms with Crippen molar-refractivity contribution in [1.82, 2.24) is 0 Å². The molecule has 4 nitrogen and oxygen atoms in total. The van der Waals surface area contributed by atoms with Gasteiger partial charge in [-0.3, -0.25) is 0 Å². The predicted octanol–water partition coefficient (Wildman–Crippen LogP) is 3.48.